The molecule has 0 saturated carbocycles. The van der Waals surface area contributed by atoms with Gasteiger partial charge in [-0.15, -0.1) is 0 Å². The standard InChI is InChI=1S/C8H6Cl2N2/c1-4-6(9)5(2)12-8(10)7(4)11-3/h1-2H3. The highest BCUT2D eigenvalue weighted by Crippen LogP contribution is 2.33. The molecule has 0 unspecified atom stereocenters. The molecular formula is C8H6Cl2N2. The number of rotatable bonds is 0. The first-order valence-electron chi connectivity index (χ1n) is 3.27. The van der Waals surface area contributed by atoms with Gasteiger partial charge in [-0.1, -0.05) is 23.2 Å². The molecule has 0 N–H and O–H groups in total. The summed E-state index contributed by atoms with van der Waals surface area (Å²) in [6, 6.07) is 0. The molecule has 0 fully saturated rings. The Morgan fingerprint density at radius 1 is 1.33 bits per heavy atom. The van der Waals surface area contributed by atoms with E-state index in [1.807, 2.05) is 0 Å². The zero-order valence-electron chi connectivity index (χ0n) is 6.65. The predicted octanol–water partition coefficient (Wildman–Crippen LogP) is 3.56. The fourth-order valence-corrected chi connectivity index (χ4v) is 1.35. The lowest BCUT2D eigenvalue weighted by Gasteiger charge is -2.04. The van der Waals surface area contributed by atoms with E-state index in [-0.39, 0.29) is 5.15 Å². The molecule has 0 aliphatic carbocycles. The summed E-state index contributed by atoms with van der Waals surface area (Å²) in [4.78, 5) is 7.17. The molecule has 0 radical (unpaired) electrons. The van der Waals surface area contributed by atoms with Crippen LogP contribution in [-0.2, 0) is 0 Å². The van der Waals surface area contributed by atoms with E-state index in [0.717, 1.165) is 0 Å². The summed E-state index contributed by atoms with van der Waals surface area (Å²) in [5.41, 5.74) is 1.70. The maximum Gasteiger partial charge on any atom is 0.228 e. The molecule has 12 heavy (non-hydrogen) atoms. The second-order valence-corrected chi connectivity index (χ2v) is 3.12. The molecule has 0 aromatic carbocycles. The Balaban J connectivity index is 3.54. The topological polar surface area (TPSA) is 17.2 Å². The lowest BCUT2D eigenvalue weighted by Crippen LogP contribution is -1.88. The molecule has 0 aliphatic rings. The van der Waals surface area contributed by atoms with Crippen LogP contribution in [0.25, 0.3) is 4.85 Å². The van der Waals surface area contributed by atoms with Crippen molar-refractivity contribution in [2.75, 3.05) is 0 Å². The number of nitrogens with zero attached hydrogens (tertiary/aromatic N) is 2. The maximum absolute atomic E-state index is 6.83. The predicted molar refractivity (Wildman–Crippen MR) is 50.0 cm³/mol. The molecule has 1 aromatic rings. The summed E-state index contributed by atoms with van der Waals surface area (Å²) < 4.78 is 0. The number of aryl methyl sites for hydroxylation is 1. The molecule has 0 spiro atoms. The van der Waals surface area contributed by atoms with Crippen molar-refractivity contribution in [1.82, 2.24) is 4.98 Å². The van der Waals surface area contributed by atoms with Gasteiger partial charge in [0.1, 0.15) is 5.15 Å². The van der Waals surface area contributed by atoms with Gasteiger partial charge in [-0.25, -0.2) is 4.85 Å². The molecule has 0 bridgehead atoms. The molecule has 1 aromatic heterocycles. The third-order valence-electron chi connectivity index (χ3n) is 1.58. The van der Waals surface area contributed by atoms with E-state index in [1.54, 1.807) is 13.8 Å². The van der Waals surface area contributed by atoms with Crippen LogP contribution in [0.1, 0.15) is 11.3 Å². The van der Waals surface area contributed by atoms with Crippen LogP contribution in [0.4, 0.5) is 5.69 Å². The van der Waals surface area contributed by atoms with Gasteiger partial charge in [0.05, 0.1) is 17.3 Å². The molecule has 2 nitrogen and oxygen atoms in total. The highest BCUT2D eigenvalue weighted by atomic mass is 35.5. The van der Waals surface area contributed by atoms with Crippen molar-refractivity contribution < 1.29 is 0 Å². The second-order valence-electron chi connectivity index (χ2n) is 2.39. The van der Waals surface area contributed by atoms with Gasteiger partial charge in [0.15, 0.2) is 0 Å². The molecule has 0 aliphatic heterocycles. The summed E-state index contributed by atoms with van der Waals surface area (Å²) in [5.74, 6) is 0. The number of halogens is 2. The first kappa shape index (κ1) is 9.31. The van der Waals surface area contributed by atoms with E-state index >= 15 is 0 Å². The van der Waals surface area contributed by atoms with E-state index in [1.165, 1.54) is 0 Å². The molecule has 0 atom stereocenters. The Morgan fingerprint density at radius 2 is 1.92 bits per heavy atom. The van der Waals surface area contributed by atoms with Crippen molar-refractivity contribution in [3.63, 3.8) is 0 Å². The maximum atomic E-state index is 6.83. The lowest BCUT2D eigenvalue weighted by molar-refractivity contribution is 1.19. The minimum absolute atomic E-state index is 0.226. The van der Waals surface area contributed by atoms with Crippen LogP contribution in [0.5, 0.6) is 0 Å². The molecule has 62 valence electrons. The summed E-state index contributed by atoms with van der Waals surface area (Å²) in [6.07, 6.45) is 0. The zero-order valence-corrected chi connectivity index (χ0v) is 8.16. The van der Waals surface area contributed by atoms with Crippen molar-refractivity contribution >= 4 is 28.9 Å². The monoisotopic (exact) mass is 200 g/mol. The third kappa shape index (κ3) is 1.38. The van der Waals surface area contributed by atoms with Gasteiger partial charge in [-0.2, -0.15) is 0 Å². The molecule has 0 saturated heterocycles. The first-order valence-corrected chi connectivity index (χ1v) is 4.03. The summed E-state index contributed by atoms with van der Waals surface area (Å²) in [6.45, 7) is 10.4. The summed E-state index contributed by atoms with van der Waals surface area (Å²) in [7, 11) is 0. The second kappa shape index (κ2) is 3.30. The van der Waals surface area contributed by atoms with E-state index in [9.17, 15) is 0 Å². The minimum atomic E-state index is 0.226. The Morgan fingerprint density at radius 3 is 2.42 bits per heavy atom. The van der Waals surface area contributed by atoms with Gasteiger partial charge in [-0.3, -0.25) is 4.98 Å². The summed E-state index contributed by atoms with van der Waals surface area (Å²) >= 11 is 11.6. The average Bonchev–Trinajstić information content (AvgIpc) is 2.01. The molecule has 1 heterocycles. The number of aromatic nitrogens is 1. The molecule has 4 heteroatoms. The van der Waals surface area contributed by atoms with Gasteiger partial charge in [0.2, 0.25) is 5.69 Å². The van der Waals surface area contributed by atoms with Crippen LogP contribution in [-0.4, -0.2) is 4.98 Å². The van der Waals surface area contributed by atoms with Crippen LogP contribution in [0, 0.1) is 20.4 Å². The van der Waals surface area contributed by atoms with E-state index in [2.05, 4.69) is 9.83 Å². The van der Waals surface area contributed by atoms with Crippen molar-refractivity contribution in [2.24, 2.45) is 0 Å². The van der Waals surface area contributed by atoms with Gasteiger partial charge in [0.25, 0.3) is 0 Å². The largest absolute Gasteiger partial charge is 0.252 e. The Kier molecular flexibility index (Phi) is 2.56. The van der Waals surface area contributed by atoms with Crippen LogP contribution < -0.4 is 0 Å². The van der Waals surface area contributed by atoms with E-state index in [4.69, 9.17) is 29.8 Å². The normalized spacial score (nSPS) is 9.58. The highest BCUT2D eigenvalue weighted by molar-refractivity contribution is 6.35. The van der Waals surface area contributed by atoms with Crippen LogP contribution >= 0.6 is 23.2 Å². The number of hydrogen-bond acceptors (Lipinski definition) is 1. The fourth-order valence-electron chi connectivity index (χ4n) is 0.909. The number of pyridine rings is 1. The van der Waals surface area contributed by atoms with Gasteiger partial charge >= 0.3 is 0 Å². The van der Waals surface area contributed by atoms with E-state index in [0.29, 0.717) is 22.0 Å². The van der Waals surface area contributed by atoms with Crippen molar-refractivity contribution in [1.29, 1.82) is 0 Å². The first-order chi connectivity index (χ1) is 5.57. The van der Waals surface area contributed by atoms with Crippen LogP contribution in [0.2, 0.25) is 10.2 Å². The fraction of sp³-hybridized carbons (Fsp3) is 0.250. The van der Waals surface area contributed by atoms with E-state index < -0.39 is 0 Å². The average molecular weight is 201 g/mol. The van der Waals surface area contributed by atoms with Crippen molar-refractivity contribution in [3.8, 4) is 0 Å². The smallest absolute Gasteiger partial charge is 0.228 e. The molecular weight excluding hydrogens is 195 g/mol. The van der Waals surface area contributed by atoms with Crippen LogP contribution in [0.15, 0.2) is 0 Å². The zero-order chi connectivity index (χ0) is 9.30. The van der Waals surface area contributed by atoms with Gasteiger partial charge in [0, 0.05) is 0 Å². The Labute approximate surface area is 81.0 Å². The molecule has 0 amide bonds. The summed E-state index contributed by atoms with van der Waals surface area (Å²) in [5, 5.41) is 0.745. The quantitative estimate of drug-likeness (QED) is 0.463. The molecule has 1 rings (SSSR count). The van der Waals surface area contributed by atoms with Crippen molar-refractivity contribution in [3.05, 3.63) is 32.9 Å². The van der Waals surface area contributed by atoms with Crippen LogP contribution in [0.3, 0.4) is 0 Å². The SMILES string of the molecule is [C-]#[N+]c1c(Cl)nc(C)c(Cl)c1C. The highest BCUT2D eigenvalue weighted by Gasteiger charge is 2.11. The van der Waals surface area contributed by atoms with Gasteiger partial charge in [-0.05, 0) is 19.4 Å². The number of hydrogen-bond donors (Lipinski definition) is 0. The van der Waals surface area contributed by atoms with Gasteiger partial charge < -0.3 is 0 Å². The van der Waals surface area contributed by atoms with Crippen molar-refractivity contribution in [2.45, 2.75) is 13.8 Å². The third-order valence-corrected chi connectivity index (χ3v) is 2.40. The minimum Gasteiger partial charge on any atom is -0.252 e. The lowest BCUT2D eigenvalue weighted by atomic mass is 10.2. The Hall–Kier alpha value is -0.780. The Bertz CT molecular complexity index is 366.